The second kappa shape index (κ2) is 12.8. The van der Waals surface area contributed by atoms with Crippen LogP contribution in [0.5, 0.6) is 0 Å². The average molecular weight is 709 g/mol. The summed E-state index contributed by atoms with van der Waals surface area (Å²) >= 11 is 0. The van der Waals surface area contributed by atoms with Gasteiger partial charge in [-0.1, -0.05) is 65.0 Å². The number of aliphatic hydroxyl groups is 1. The number of carboxylic acids is 1. The maximum atomic E-state index is 14.7. The van der Waals surface area contributed by atoms with Crippen molar-refractivity contribution >= 4 is 23.5 Å². The Morgan fingerprint density at radius 1 is 0.808 bits per heavy atom. The van der Waals surface area contributed by atoms with Gasteiger partial charge in [-0.15, -0.1) is 0 Å². The Kier molecular flexibility index (Phi) is 9.11. The number of benzene rings is 2. The molecule has 7 nitrogen and oxygen atoms in total. The normalized spacial score (nSPS) is 38.8. The summed E-state index contributed by atoms with van der Waals surface area (Å²) in [5, 5.41) is 26.6. The number of carboxylic acid groups (broad SMARTS) is 1. The quantitative estimate of drug-likeness (QED) is 0.214. The van der Waals surface area contributed by atoms with Crippen LogP contribution in [0.25, 0.3) is 0 Å². The van der Waals surface area contributed by atoms with E-state index in [0.29, 0.717) is 41.5 Å². The molecule has 2 aromatic rings. The van der Waals surface area contributed by atoms with Crippen molar-refractivity contribution < 1.29 is 24.6 Å². The monoisotopic (exact) mass is 708 g/mol. The van der Waals surface area contributed by atoms with Crippen LogP contribution in [-0.4, -0.2) is 34.1 Å². The molecule has 0 bridgehead atoms. The Labute approximate surface area is 310 Å². The van der Waals surface area contributed by atoms with Crippen molar-refractivity contribution in [2.45, 2.75) is 118 Å². The van der Waals surface area contributed by atoms with E-state index < -0.39 is 11.4 Å². The topological polar surface area (TPSA) is 116 Å². The van der Waals surface area contributed by atoms with Gasteiger partial charge in [-0.3, -0.25) is 9.59 Å². The third kappa shape index (κ3) is 5.50. The number of hydrogen-bond acceptors (Lipinski definition) is 4. The van der Waals surface area contributed by atoms with Gasteiger partial charge in [0.2, 0.25) is 5.91 Å². The zero-order valence-electron chi connectivity index (χ0n) is 32.2. The summed E-state index contributed by atoms with van der Waals surface area (Å²) in [6.07, 6.45) is 10.3. The molecule has 5 saturated carbocycles. The predicted octanol–water partition coefficient (Wildman–Crippen LogP) is 9.27. The Morgan fingerprint density at radius 2 is 1.54 bits per heavy atom. The standard InChI is InChI=1S/C45H60N2O5/c1-27(2)32-16-21-45(40(52)46-26-28-10-8-11-29(24-28)38(49)47-31-13-9-12-30(25-31)39(50)51)23-22-43(6)33(37(32)45)14-15-35-42(5)19-18-36(48)41(3,4)34(42)17-20-44(35,43)7/h8-13,24-25,32-37,48H,1,14-23,26H2,2-7H3,(H,46,52)(H,47,49)(H,50,51)/t32-,33?,34?,35?,36-,37?,42-,43+,44+,45?/m0/s1. The summed E-state index contributed by atoms with van der Waals surface area (Å²) in [4.78, 5) is 39.2. The first-order chi connectivity index (χ1) is 24.5. The van der Waals surface area contributed by atoms with Gasteiger partial charge in [-0.05, 0) is 158 Å². The number of allylic oxidation sites excluding steroid dienone is 1. The van der Waals surface area contributed by atoms with Gasteiger partial charge < -0.3 is 20.8 Å². The van der Waals surface area contributed by atoms with Crippen molar-refractivity contribution in [2.75, 3.05) is 5.32 Å². The van der Waals surface area contributed by atoms with E-state index in [9.17, 15) is 24.6 Å². The van der Waals surface area contributed by atoms with Gasteiger partial charge in [0.25, 0.3) is 5.91 Å². The molecule has 10 atom stereocenters. The molecule has 0 aromatic heterocycles. The van der Waals surface area contributed by atoms with E-state index in [1.807, 2.05) is 12.1 Å². The van der Waals surface area contributed by atoms with Crippen LogP contribution in [0.15, 0.2) is 60.7 Å². The molecular weight excluding hydrogens is 649 g/mol. The SMILES string of the molecule is C=C(C)[C@@H]1CCC2(C(=O)NCc3cccc(C(=O)Nc4cccc(C(=O)O)c4)c3)CC[C@]3(C)C(CCC4[C@@]5(C)CC[C@H](O)C(C)(C)C5CC[C@]43C)C12. The number of fused-ring (bicyclic) bond motifs is 7. The van der Waals surface area contributed by atoms with Crippen LogP contribution in [0.1, 0.15) is 132 Å². The van der Waals surface area contributed by atoms with Crippen molar-refractivity contribution in [1.82, 2.24) is 5.32 Å². The highest BCUT2D eigenvalue weighted by Crippen LogP contribution is 2.77. The molecule has 5 aliphatic rings. The number of amides is 2. The van der Waals surface area contributed by atoms with Crippen molar-refractivity contribution in [2.24, 2.45) is 56.7 Å². The van der Waals surface area contributed by atoms with Gasteiger partial charge >= 0.3 is 5.97 Å². The molecule has 5 aliphatic carbocycles. The fourth-order valence-corrected chi connectivity index (χ4v) is 13.6. The summed E-state index contributed by atoms with van der Waals surface area (Å²) < 4.78 is 0. The highest BCUT2D eigenvalue weighted by Gasteiger charge is 2.71. The fourth-order valence-electron chi connectivity index (χ4n) is 13.6. The molecule has 0 saturated heterocycles. The first kappa shape index (κ1) is 36.9. The van der Waals surface area contributed by atoms with Crippen LogP contribution in [0.2, 0.25) is 0 Å². The molecular formula is C45H60N2O5. The lowest BCUT2D eigenvalue weighted by atomic mass is 9.32. The minimum atomic E-state index is -1.05. The Bertz CT molecular complexity index is 1780. The first-order valence-corrected chi connectivity index (χ1v) is 19.8. The number of rotatable bonds is 7. The molecule has 2 aromatic carbocycles. The van der Waals surface area contributed by atoms with Crippen molar-refractivity contribution in [3.05, 3.63) is 77.4 Å². The molecule has 5 unspecified atom stereocenters. The van der Waals surface area contributed by atoms with Gasteiger partial charge in [0, 0.05) is 17.8 Å². The highest BCUT2D eigenvalue weighted by atomic mass is 16.4. The molecule has 280 valence electrons. The second-order valence-electron chi connectivity index (χ2n) is 18.9. The van der Waals surface area contributed by atoms with E-state index in [1.165, 1.54) is 37.0 Å². The minimum absolute atomic E-state index is 0.0698. The van der Waals surface area contributed by atoms with Crippen LogP contribution in [0, 0.1) is 56.7 Å². The molecule has 7 heteroatoms. The molecule has 0 radical (unpaired) electrons. The Hall–Kier alpha value is -3.45. The molecule has 4 N–H and O–H groups in total. The fraction of sp³-hybridized carbons (Fsp3) is 0.622. The summed E-state index contributed by atoms with van der Waals surface area (Å²) in [6, 6.07) is 13.5. The minimum Gasteiger partial charge on any atom is -0.478 e. The second-order valence-corrected chi connectivity index (χ2v) is 18.9. The molecule has 5 fully saturated rings. The van der Waals surface area contributed by atoms with E-state index in [2.05, 4.69) is 58.8 Å². The van der Waals surface area contributed by atoms with E-state index in [-0.39, 0.29) is 51.1 Å². The zero-order valence-corrected chi connectivity index (χ0v) is 32.2. The van der Waals surface area contributed by atoms with Crippen LogP contribution >= 0.6 is 0 Å². The van der Waals surface area contributed by atoms with Gasteiger partial charge in [0.1, 0.15) is 0 Å². The largest absolute Gasteiger partial charge is 0.478 e. The Balaban J connectivity index is 1.11. The number of aromatic carboxylic acids is 1. The third-order valence-electron chi connectivity index (χ3n) is 16.5. The maximum absolute atomic E-state index is 14.7. The smallest absolute Gasteiger partial charge is 0.335 e. The summed E-state index contributed by atoms with van der Waals surface area (Å²) in [7, 11) is 0. The maximum Gasteiger partial charge on any atom is 0.335 e. The van der Waals surface area contributed by atoms with E-state index in [0.717, 1.165) is 50.5 Å². The van der Waals surface area contributed by atoms with Gasteiger partial charge in [0.05, 0.1) is 17.1 Å². The zero-order chi connectivity index (χ0) is 37.4. The lowest BCUT2D eigenvalue weighted by Gasteiger charge is -2.72. The lowest BCUT2D eigenvalue weighted by molar-refractivity contribution is -0.246. The molecule has 0 spiro atoms. The number of aliphatic hydroxyl groups excluding tert-OH is 1. The Morgan fingerprint density at radius 3 is 2.27 bits per heavy atom. The van der Waals surface area contributed by atoms with Crippen molar-refractivity contribution in [3.8, 4) is 0 Å². The molecule has 7 rings (SSSR count). The van der Waals surface area contributed by atoms with Crippen molar-refractivity contribution in [3.63, 3.8) is 0 Å². The lowest BCUT2D eigenvalue weighted by Crippen LogP contribution is -2.67. The van der Waals surface area contributed by atoms with Crippen LogP contribution in [-0.2, 0) is 11.3 Å². The van der Waals surface area contributed by atoms with Gasteiger partial charge in [-0.2, -0.15) is 0 Å². The number of anilines is 1. The molecule has 0 heterocycles. The highest BCUT2D eigenvalue weighted by molar-refractivity contribution is 6.05. The summed E-state index contributed by atoms with van der Waals surface area (Å²) in [5.74, 6) is 0.944. The number of nitrogens with one attached hydrogen (secondary N) is 2. The van der Waals surface area contributed by atoms with Crippen LogP contribution in [0.4, 0.5) is 5.69 Å². The summed E-state index contributed by atoms with van der Waals surface area (Å²) in [5.41, 5.74) is 3.05. The first-order valence-electron chi connectivity index (χ1n) is 19.8. The molecule has 2 amide bonds. The van der Waals surface area contributed by atoms with Crippen LogP contribution in [0.3, 0.4) is 0 Å². The summed E-state index contributed by atoms with van der Waals surface area (Å²) in [6.45, 7) is 19.4. The average Bonchev–Trinajstić information content (AvgIpc) is 3.51. The van der Waals surface area contributed by atoms with Gasteiger partial charge in [0.15, 0.2) is 0 Å². The predicted molar refractivity (Wildman–Crippen MR) is 205 cm³/mol. The number of hydrogen-bond donors (Lipinski definition) is 4. The van der Waals surface area contributed by atoms with Gasteiger partial charge in [-0.25, -0.2) is 4.79 Å². The third-order valence-corrected chi connectivity index (χ3v) is 16.5. The van der Waals surface area contributed by atoms with E-state index in [1.54, 1.807) is 24.3 Å². The molecule has 0 aliphatic heterocycles. The van der Waals surface area contributed by atoms with E-state index >= 15 is 0 Å². The molecule has 52 heavy (non-hydrogen) atoms. The van der Waals surface area contributed by atoms with Crippen molar-refractivity contribution in [1.29, 1.82) is 0 Å². The van der Waals surface area contributed by atoms with Crippen LogP contribution < -0.4 is 10.6 Å². The number of carbonyl (C=O) groups is 3. The number of carbonyl (C=O) groups excluding carboxylic acids is 2. The van der Waals surface area contributed by atoms with E-state index in [4.69, 9.17) is 0 Å².